The van der Waals surface area contributed by atoms with E-state index < -0.39 is 0 Å². The van der Waals surface area contributed by atoms with Crippen LogP contribution in [0, 0.1) is 0 Å². The lowest BCUT2D eigenvalue weighted by molar-refractivity contribution is 0.233. The average Bonchev–Trinajstić information content (AvgIpc) is 3.21. The molecule has 0 bridgehead atoms. The van der Waals surface area contributed by atoms with Crippen molar-refractivity contribution in [3.8, 4) is 5.75 Å². The van der Waals surface area contributed by atoms with E-state index in [9.17, 15) is 4.79 Å². The topological polar surface area (TPSA) is 63.2 Å². The normalized spacial score (nSPS) is 17.0. The maximum Gasteiger partial charge on any atom is 0.315 e. The summed E-state index contributed by atoms with van der Waals surface area (Å²) in [4.78, 5) is 16.6. The second-order valence-electron chi connectivity index (χ2n) is 5.98. The molecule has 24 heavy (non-hydrogen) atoms. The standard InChI is InChI=1S/C18H23N3O2S/c1-3-17-21-13(11-24-17)8-9-19-18(22)20-12(2)15-10-23-16-7-5-4-6-14(15)16/h4-7,11-12,15H,3,8-10H2,1-2H3,(H2,19,20,22). The predicted molar refractivity (Wildman–Crippen MR) is 95.9 cm³/mol. The Labute approximate surface area is 146 Å². The minimum Gasteiger partial charge on any atom is -0.493 e. The van der Waals surface area contributed by atoms with E-state index in [2.05, 4.69) is 34.0 Å². The number of carbonyl (C=O) groups is 1. The lowest BCUT2D eigenvalue weighted by atomic mass is 9.94. The first-order valence-corrected chi connectivity index (χ1v) is 9.24. The van der Waals surface area contributed by atoms with Crippen LogP contribution in [-0.2, 0) is 12.8 Å². The molecule has 2 unspecified atom stereocenters. The molecule has 2 N–H and O–H groups in total. The number of aromatic nitrogens is 1. The molecule has 1 aliphatic heterocycles. The van der Waals surface area contributed by atoms with Gasteiger partial charge in [-0.2, -0.15) is 0 Å². The van der Waals surface area contributed by atoms with E-state index in [1.165, 1.54) is 5.56 Å². The molecular formula is C18H23N3O2S. The van der Waals surface area contributed by atoms with Crippen molar-refractivity contribution in [2.24, 2.45) is 0 Å². The monoisotopic (exact) mass is 345 g/mol. The number of nitrogens with one attached hydrogen (secondary N) is 2. The number of urea groups is 1. The van der Waals surface area contributed by atoms with Gasteiger partial charge in [-0.15, -0.1) is 11.3 Å². The predicted octanol–water partition coefficient (Wildman–Crippen LogP) is 3.11. The van der Waals surface area contributed by atoms with Crippen LogP contribution >= 0.6 is 11.3 Å². The van der Waals surface area contributed by atoms with Crippen LogP contribution in [0.4, 0.5) is 4.79 Å². The third kappa shape index (κ3) is 3.87. The van der Waals surface area contributed by atoms with Crippen LogP contribution in [0.25, 0.3) is 0 Å². The Balaban J connectivity index is 1.45. The number of nitrogens with zero attached hydrogens (tertiary/aromatic N) is 1. The molecule has 5 nitrogen and oxygen atoms in total. The summed E-state index contributed by atoms with van der Waals surface area (Å²) >= 11 is 1.68. The maximum atomic E-state index is 12.1. The molecule has 0 spiro atoms. The summed E-state index contributed by atoms with van der Waals surface area (Å²) in [7, 11) is 0. The number of amides is 2. The minimum atomic E-state index is -0.141. The van der Waals surface area contributed by atoms with E-state index in [4.69, 9.17) is 4.74 Å². The zero-order chi connectivity index (χ0) is 16.9. The van der Waals surface area contributed by atoms with Crippen LogP contribution in [0.3, 0.4) is 0 Å². The number of hydrogen-bond donors (Lipinski definition) is 2. The van der Waals surface area contributed by atoms with Gasteiger partial charge in [0.05, 0.1) is 17.3 Å². The fraction of sp³-hybridized carbons (Fsp3) is 0.444. The number of ether oxygens (including phenoxy) is 1. The molecule has 3 rings (SSSR count). The van der Waals surface area contributed by atoms with E-state index >= 15 is 0 Å². The number of aryl methyl sites for hydroxylation is 1. The van der Waals surface area contributed by atoms with Gasteiger partial charge in [-0.3, -0.25) is 0 Å². The zero-order valence-electron chi connectivity index (χ0n) is 14.0. The largest absolute Gasteiger partial charge is 0.493 e. The molecule has 128 valence electrons. The smallest absolute Gasteiger partial charge is 0.315 e. The van der Waals surface area contributed by atoms with Gasteiger partial charge in [0.2, 0.25) is 0 Å². The number of rotatable bonds is 6. The minimum absolute atomic E-state index is 0.0135. The van der Waals surface area contributed by atoms with Crippen molar-refractivity contribution >= 4 is 17.4 Å². The van der Waals surface area contributed by atoms with Gasteiger partial charge in [-0.05, 0) is 19.4 Å². The van der Waals surface area contributed by atoms with Crippen LogP contribution in [0.15, 0.2) is 29.6 Å². The van der Waals surface area contributed by atoms with Crippen molar-refractivity contribution < 1.29 is 9.53 Å². The van der Waals surface area contributed by atoms with Crippen LogP contribution in [0.2, 0.25) is 0 Å². The highest BCUT2D eigenvalue weighted by Gasteiger charge is 2.29. The first-order chi connectivity index (χ1) is 11.7. The molecule has 0 fully saturated rings. The van der Waals surface area contributed by atoms with E-state index in [-0.39, 0.29) is 18.0 Å². The van der Waals surface area contributed by atoms with Gasteiger partial charge < -0.3 is 15.4 Å². The molecule has 0 saturated carbocycles. The number of fused-ring (bicyclic) bond motifs is 1. The second kappa shape index (κ2) is 7.66. The Bertz CT molecular complexity index is 701. The number of benzene rings is 1. The third-order valence-electron chi connectivity index (χ3n) is 4.27. The van der Waals surface area contributed by atoms with Gasteiger partial charge in [0, 0.05) is 35.9 Å². The molecule has 2 aromatic rings. The quantitative estimate of drug-likeness (QED) is 0.845. The van der Waals surface area contributed by atoms with Gasteiger partial charge in [0.1, 0.15) is 5.75 Å². The molecule has 2 heterocycles. The molecule has 6 heteroatoms. The van der Waals surface area contributed by atoms with Crippen molar-refractivity contribution in [1.29, 1.82) is 0 Å². The fourth-order valence-electron chi connectivity index (χ4n) is 2.89. The van der Waals surface area contributed by atoms with Crippen LogP contribution < -0.4 is 15.4 Å². The summed E-state index contributed by atoms with van der Waals surface area (Å²) in [5.41, 5.74) is 2.21. The van der Waals surface area contributed by atoms with Crippen molar-refractivity contribution in [2.45, 2.75) is 38.6 Å². The first-order valence-electron chi connectivity index (χ1n) is 8.36. The fourth-order valence-corrected chi connectivity index (χ4v) is 3.67. The lowest BCUT2D eigenvalue weighted by Crippen LogP contribution is -2.44. The molecule has 2 atom stereocenters. The highest BCUT2D eigenvalue weighted by molar-refractivity contribution is 7.09. The van der Waals surface area contributed by atoms with Crippen LogP contribution in [0.1, 0.15) is 36.0 Å². The highest BCUT2D eigenvalue weighted by Crippen LogP contribution is 2.35. The molecule has 1 aliphatic rings. The summed E-state index contributed by atoms with van der Waals surface area (Å²) in [6, 6.07) is 7.88. The third-order valence-corrected chi connectivity index (χ3v) is 5.31. The van der Waals surface area contributed by atoms with Gasteiger partial charge in [-0.25, -0.2) is 9.78 Å². The summed E-state index contributed by atoms with van der Waals surface area (Å²) in [5.74, 6) is 1.12. The summed E-state index contributed by atoms with van der Waals surface area (Å²) in [6.45, 7) is 5.31. The Morgan fingerprint density at radius 2 is 2.29 bits per heavy atom. The average molecular weight is 345 g/mol. The molecule has 1 aromatic heterocycles. The van der Waals surface area contributed by atoms with Gasteiger partial charge in [0.25, 0.3) is 0 Å². The Kier molecular flexibility index (Phi) is 5.35. The zero-order valence-corrected chi connectivity index (χ0v) is 14.9. The van der Waals surface area contributed by atoms with Crippen LogP contribution in [0.5, 0.6) is 5.75 Å². The lowest BCUT2D eigenvalue weighted by Gasteiger charge is -2.20. The Hall–Kier alpha value is -2.08. The Morgan fingerprint density at radius 1 is 1.46 bits per heavy atom. The van der Waals surface area contributed by atoms with Crippen molar-refractivity contribution in [3.63, 3.8) is 0 Å². The molecule has 0 saturated heterocycles. The van der Waals surface area contributed by atoms with Gasteiger partial charge >= 0.3 is 6.03 Å². The van der Waals surface area contributed by atoms with Crippen molar-refractivity contribution in [3.05, 3.63) is 45.9 Å². The first kappa shape index (κ1) is 16.8. The molecular weight excluding hydrogens is 322 g/mol. The van der Waals surface area contributed by atoms with Gasteiger partial charge in [0.15, 0.2) is 0 Å². The Morgan fingerprint density at radius 3 is 3.08 bits per heavy atom. The number of carbonyl (C=O) groups excluding carboxylic acids is 1. The number of thiazole rings is 1. The van der Waals surface area contributed by atoms with E-state index in [0.29, 0.717) is 13.2 Å². The SMILES string of the molecule is CCc1nc(CCNC(=O)NC(C)C2COc3ccccc32)cs1. The van der Waals surface area contributed by atoms with Gasteiger partial charge in [-0.1, -0.05) is 25.1 Å². The molecule has 0 aliphatic carbocycles. The van der Waals surface area contributed by atoms with E-state index in [1.807, 2.05) is 25.1 Å². The van der Waals surface area contributed by atoms with E-state index in [1.54, 1.807) is 11.3 Å². The summed E-state index contributed by atoms with van der Waals surface area (Å²) in [6.07, 6.45) is 1.72. The number of para-hydroxylation sites is 1. The molecule has 2 amide bonds. The molecule has 0 radical (unpaired) electrons. The second-order valence-corrected chi connectivity index (χ2v) is 6.92. The van der Waals surface area contributed by atoms with Crippen molar-refractivity contribution in [1.82, 2.24) is 15.6 Å². The highest BCUT2D eigenvalue weighted by atomic mass is 32.1. The summed E-state index contributed by atoms with van der Waals surface area (Å²) in [5, 5.41) is 9.13. The molecule has 1 aromatic carbocycles. The number of hydrogen-bond acceptors (Lipinski definition) is 4. The summed E-state index contributed by atoms with van der Waals surface area (Å²) < 4.78 is 5.69. The maximum absolute atomic E-state index is 12.1. The van der Waals surface area contributed by atoms with Crippen molar-refractivity contribution in [2.75, 3.05) is 13.2 Å². The van der Waals surface area contributed by atoms with E-state index in [0.717, 1.165) is 29.3 Å². The van der Waals surface area contributed by atoms with Crippen LogP contribution in [-0.4, -0.2) is 30.2 Å².